The first-order chi connectivity index (χ1) is 6.04. The van der Waals surface area contributed by atoms with Crippen LogP contribution in [0.25, 0.3) is 0 Å². The number of aryl methyl sites for hydroxylation is 1. The lowest BCUT2D eigenvalue weighted by Gasteiger charge is -1.93. The van der Waals surface area contributed by atoms with Crippen LogP contribution in [0.3, 0.4) is 0 Å². The molecule has 0 aliphatic carbocycles. The first-order valence-corrected chi connectivity index (χ1v) is 5.75. The summed E-state index contributed by atoms with van der Waals surface area (Å²) >= 11 is 0. The molecule has 0 unspecified atom stereocenters. The van der Waals surface area contributed by atoms with Gasteiger partial charge >= 0.3 is 0 Å². The molecule has 0 radical (unpaired) electrons. The molecule has 6 heteroatoms. The normalized spacial score (nSPS) is 11.1. The lowest BCUT2D eigenvalue weighted by Crippen LogP contribution is -1.96. The van der Waals surface area contributed by atoms with Crippen molar-refractivity contribution in [2.24, 2.45) is 0 Å². The van der Waals surface area contributed by atoms with Crippen molar-refractivity contribution in [3.05, 3.63) is 12.4 Å². The summed E-state index contributed by atoms with van der Waals surface area (Å²) in [5.41, 5.74) is 0. The van der Waals surface area contributed by atoms with Gasteiger partial charge in [-0.1, -0.05) is 0 Å². The van der Waals surface area contributed by atoms with Crippen molar-refractivity contribution in [1.82, 2.24) is 9.78 Å². The van der Waals surface area contributed by atoms with Crippen LogP contribution in [-0.4, -0.2) is 18.2 Å². The molecule has 0 N–H and O–H groups in total. The monoisotopic (exact) mass is 218 g/mol. The van der Waals surface area contributed by atoms with Crippen molar-refractivity contribution < 1.29 is 8.42 Å². The van der Waals surface area contributed by atoms with Crippen LogP contribution in [0.2, 0.25) is 0 Å². The summed E-state index contributed by atoms with van der Waals surface area (Å²) in [5, 5.41) is 3.78. The summed E-state index contributed by atoms with van der Waals surface area (Å²) < 4.78 is 23.0. The first-order valence-electron chi connectivity index (χ1n) is 3.44. The highest BCUT2D eigenvalue weighted by Crippen LogP contribution is 2.12. The van der Waals surface area contributed by atoms with Crippen molar-refractivity contribution in [1.29, 1.82) is 0 Å². The molecule has 0 saturated heterocycles. The van der Waals surface area contributed by atoms with E-state index in [4.69, 9.17) is 17.1 Å². The van der Waals surface area contributed by atoms with Crippen LogP contribution in [0.4, 0.5) is 0 Å². The van der Waals surface area contributed by atoms with Crippen LogP contribution in [-0.2, 0) is 15.6 Å². The maximum absolute atomic E-state index is 10.8. The SMILES string of the molecule is C#CCCn1cc(S(=O)(=O)Cl)cn1. The van der Waals surface area contributed by atoms with Gasteiger partial charge in [0.15, 0.2) is 0 Å². The minimum atomic E-state index is -3.67. The van der Waals surface area contributed by atoms with Gasteiger partial charge in [0.2, 0.25) is 0 Å². The highest BCUT2D eigenvalue weighted by molar-refractivity contribution is 8.13. The van der Waals surface area contributed by atoms with Gasteiger partial charge in [-0.25, -0.2) is 8.42 Å². The van der Waals surface area contributed by atoms with Crippen molar-refractivity contribution in [2.45, 2.75) is 17.9 Å². The molecule has 1 heterocycles. The Balaban J connectivity index is 2.83. The van der Waals surface area contributed by atoms with E-state index in [2.05, 4.69) is 11.0 Å². The summed E-state index contributed by atoms with van der Waals surface area (Å²) in [5.74, 6) is 2.42. The summed E-state index contributed by atoms with van der Waals surface area (Å²) in [7, 11) is 1.41. The molecular formula is C7H7ClN2O2S. The molecular weight excluding hydrogens is 212 g/mol. The number of nitrogens with zero attached hydrogens (tertiary/aromatic N) is 2. The van der Waals surface area contributed by atoms with Gasteiger partial charge in [-0.3, -0.25) is 4.68 Å². The average molecular weight is 219 g/mol. The van der Waals surface area contributed by atoms with Gasteiger partial charge in [0.1, 0.15) is 4.90 Å². The molecule has 0 atom stereocenters. The quantitative estimate of drug-likeness (QED) is 0.558. The second kappa shape index (κ2) is 3.81. The topological polar surface area (TPSA) is 52.0 Å². The van der Waals surface area contributed by atoms with Gasteiger partial charge in [0.25, 0.3) is 9.05 Å². The van der Waals surface area contributed by atoms with Gasteiger partial charge in [0.05, 0.1) is 12.7 Å². The zero-order valence-electron chi connectivity index (χ0n) is 6.64. The van der Waals surface area contributed by atoms with Crippen LogP contribution in [0, 0.1) is 12.3 Å². The van der Waals surface area contributed by atoms with E-state index < -0.39 is 9.05 Å². The van der Waals surface area contributed by atoms with Crippen molar-refractivity contribution in [2.75, 3.05) is 0 Å². The number of terminal acetylenes is 1. The van der Waals surface area contributed by atoms with E-state index in [9.17, 15) is 8.42 Å². The zero-order valence-corrected chi connectivity index (χ0v) is 8.22. The molecule has 0 bridgehead atoms. The van der Waals surface area contributed by atoms with Crippen LogP contribution < -0.4 is 0 Å². The third-order valence-corrected chi connectivity index (χ3v) is 2.68. The fourth-order valence-electron chi connectivity index (χ4n) is 0.772. The second-order valence-electron chi connectivity index (χ2n) is 2.33. The van der Waals surface area contributed by atoms with Gasteiger partial charge < -0.3 is 0 Å². The van der Waals surface area contributed by atoms with E-state index in [-0.39, 0.29) is 4.90 Å². The number of hydrogen-bond donors (Lipinski definition) is 0. The number of rotatable bonds is 3. The summed E-state index contributed by atoms with van der Waals surface area (Å²) in [6.07, 6.45) is 8.08. The van der Waals surface area contributed by atoms with Crippen LogP contribution in [0.1, 0.15) is 6.42 Å². The number of aromatic nitrogens is 2. The van der Waals surface area contributed by atoms with Crippen LogP contribution in [0.5, 0.6) is 0 Å². The van der Waals surface area contributed by atoms with E-state index in [0.29, 0.717) is 13.0 Å². The summed E-state index contributed by atoms with van der Waals surface area (Å²) in [6, 6.07) is 0. The molecule has 0 fully saturated rings. The Bertz CT molecular complexity index is 430. The Kier molecular flexibility index (Phi) is 2.96. The Labute approximate surface area is 80.9 Å². The van der Waals surface area contributed by atoms with Gasteiger partial charge in [-0.15, -0.1) is 12.3 Å². The minimum absolute atomic E-state index is 0.00816. The highest BCUT2D eigenvalue weighted by atomic mass is 35.7. The van der Waals surface area contributed by atoms with Crippen LogP contribution in [0.15, 0.2) is 17.3 Å². The Hall–Kier alpha value is -0.990. The molecule has 4 nitrogen and oxygen atoms in total. The second-order valence-corrected chi connectivity index (χ2v) is 4.90. The lowest BCUT2D eigenvalue weighted by atomic mass is 10.4. The molecule has 0 amide bonds. The number of halogens is 1. The Morgan fingerprint density at radius 1 is 1.69 bits per heavy atom. The predicted molar refractivity (Wildman–Crippen MR) is 48.7 cm³/mol. The van der Waals surface area contributed by atoms with Crippen LogP contribution >= 0.6 is 10.7 Å². The van der Waals surface area contributed by atoms with Gasteiger partial charge in [-0.2, -0.15) is 5.10 Å². The van der Waals surface area contributed by atoms with Crippen molar-refractivity contribution in [3.63, 3.8) is 0 Å². The van der Waals surface area contributed by atoms with E-state index in [1.54, 1.807) is 0 Å². The third-order valence-electron chi connectivity index (χ3n) is 1.38. The average Bonchev–Trinajstić information content (AvgIpc) is 2.47. The summed E-state index contributed by atoms with van der Waals surface area (Å²) in [4.78, 5) is -0.00816. The molecule has 1 aromatic rings. The lowest BCUT2D eigenvalue weighted by molar-refractivity contribution is 0.607. The molecule has 0 aliphatic rings. The number of hydrogen-bond acceptors (Lipinski definition) is 3. The molecule has 13 heavy (non-hydrogen) atoms. The Morgan fingerprint density at radius 3 is 2.85 bits per heavy atom. The third kappa shape index (κ3) is 2.76. The summed E-state index contributed by atoms with van der Waals surface area (Å²) in [6.45, 7) is 0.489. The highest BCUT2D eigenvalue weighted by Gasteiger charge is 2.11. The fraction of sp³-hybridized carbons (Fsp3) is 0.286. The van der Waals surface area contributed by atoms with Crippen molar-refractivity contribution in [3.8, 4) is 12.3 Å². The largest absolute Gasteiger partial charge is 0.270 e. The van der Waals surface area contributed by atoms with E-state index >= 15 is 0 Å². The smallest absolute Gasteiger partial charge is 0.264 e. The van der Waals surface area contributed by atoms with Crippen molar-refractivity contribution >= 4 is 19.7 Å². The molecule has 0 spiro atoms. The molecule has 0 aliphatic heterocycles. The Morgan fingerprint density at radius 2 is 2.38 bits per heavy atom. The first kappa shape index (κ1) is 10.1. The maximum atomic E-state index is 10.8. The van der Waals surface area contributed by atoms with E-state index in [0.717, 1.165) is 0 Å². The molecule has 1 rings (SSSR count). The van der Waals surface area contributed by atoms with Gasteiger partial charge in [-0.05, 0) is 0 Å². The van der Waals surface area contributed by atoms with Gasteiger partial charge in [0, 0.05) is 23.3 Å². The standard InChI is InChI=1S/C7H7ClN2O2S/c1-2-3-4-10-6-7(5-9-10)13(8,11)12/h1,5-6H,3-4H2. The molecule has 70 valence electrons. The maximum Gasteiger partial charge on any atom is 0.264 e. The minimum Gasteiger partial charge on any atom is -0.270 e. The molecule has 0 saturated carbocycles. The zero-order chi connectivity index (χ0) is 9.90. The van der Waals surface area contributed by atoms with E-state index in [1.165, 1.54) is 17.1 Å². The predicted octanol–water partition coefficient (Wildman–Crippen LogP) is 0.834. The van der Waals surface area contributed by atoms with E-state index in [1.807, 2.05) is 0 Å². The molecule has 1 aromatic heterocycles. The fourth-order valence-corrected chi connectivity index (χ4v) is 1.43. The molecule has 0 aromatic carbocycles.